The number of benzene rings is 2. The van der Waals surface area contributed by atoms with Crippen LogP contribution in [-0.4, -0.2) is 36.8 Å². The topological polar surface area (TPSA) is 157 Å². The largest absolute Gasteiger partial charge is 0.465 e. The summed E-state index contributed by atoms with van der Waals surface area (Å²) in [4.78, 5) is 70.8. The molecule has 14 heteroatoms. The minimum absolute atomic E-state index is 0.203. The minimum atomic E-state index is -0.731. The van der Waals surface area contributed by atoms with Crippen LogP contribution in [0.4, 0.5) is 0 Å². The summed E-state index contributed by atoms with van der Waals surface area (Å²) in [7, 11) is 3.09. The Morgan fingerprint density at radius 2 is 1.21 bits per heavy atom. The first-order valence-corrected chi connectivity index (χ1v) is 12.7. The number of esters is 1. The lowest BCUT2D eigenvalue weighted by Gasteiger charge is -2.10. The Balaban J connectivity index is 0.000000212. The monoisotopic (exact) mass is 651 g/mol. The quantitative estimate of drug-likeness (QED) is 0.315. The molecule has 0 unspecified atom stereocenters. The average molecular weight is 653 g/mol. The van der Waals surface area contributed by atoms with Gasteiger partial charge in [0, 0.05) is 23.0 Å². The summed E-state index contributed by atoms with van der Waals surface area (Å²) in [6.07, 6.45) is 0. The maximum atomic E-state index is 12.3. The van der Waals surface area contributed by atoms with Gasteiger partial charge in [-0.15, -0.1) is 0 Å². The third kappa shape index (κ3) is 5.86. The van der Waals surface area contributed by atoms with Crippen molar-refractivity contribution in [1.29, 1.82) is 0 Å². The highest BCUT2D eigenvalue weighted by molar-refractivity contribution is 9.10. The van der Waals surface area contributed by atoms with Gasteiger partial charge in [0.15, 0.2) is 0 Å². The number of ether oxygens (including phenoxy) is 1. The molecule has 200 valence electrons. The molecule has 0 aliphatic heterocycles. The Hall–Kier alpha value is -3.78. The summed E-state index contributed by atoms with van der Waals surface area (Å²) in [5.41, 5.74) is 3.91. The van der Waals surface area contributed by atoms with Crippen molar-refractivity contribution in [2.24, 2.45) is 19.8 Å². The molecule has 0 bridgehead atoms. The molecule has 0 atom stereocenters. The van der Waals surface area contributed by atoms with E-state index in [2.05, 4.69) is 31.9 Å². The standard InChI is InChI=1S/C13H13BrN2O4.C11H10BrN3O3/c1-3-20-11(17)7-16-12(18)9-5-4-8(14)6-10(9)15(2)13(16)19;1-14-8-4-6(12)2-3-7(8)10(17)15(11(14)18)5-9(13)16/h4-6H,3,7H2,1-2H3;2-4H,5H2,1H3,(H2,13,16). The number of hydrogen-bond donors (Lipinski definition) is 1. The molecule has 12 nitrogen and oxygen atoms in total. The van der Waals surface area contributed by atoms with E-state index in [4.69, 9.17) is 10.5 Å². The Morgan fingerprint density at radius 1 is 0.789 bits per heavy atom. The molecule has 0 aliphatic carbocycles. The lowest BCUT2D eigenvalue weighted by Crippen LogP contribution is -2.42. The normalized spacial score (nSPS) is 10.8. The number of amides is 1. The van der Waals surface area contributed by atoms with Crippen LogP contribution in [0.2, 0.25) is 0 Å². The number of halogens is 2. The van der Waals surface area contributed by atoms with Crippen LogP contribution in [0.25, 0.3) is 21.8 Å². The molecule has 4 aromatic rings. The fourth-order valence-electron chi connectivity index (χ4n) is 3.73. The van der Waals surface area contributed by atoms with E-state index >= 15 is 0 Å². The van der Waals surface area contributed by atoms with Gasteiger partial charge in [0.2, 0.25) is 5.91 Å². The summed E-state index contributed by atoms with van der Waals surface area (Å²) in [5.74, 6) is -1.34. The summed E-state index contributed by atoms with van der Waals surface area (Å²) >= 11 is 6.57. The van der Waals surface area contributed by atoms with Crippen LogP contribution in [0.3, 0.4) is 0 Å². The van der Waals surface area contributed by atoms with E-state index in [1.807, 2.05) is 0 Å². The van der Waals surface area contributed by atoms with Crippen molar-refractivity contribution in [3.63, 3.8) is 0 Å². The van der Waals surface area contributed by atoms with Gasteiger partial charge < -0.3 is 10.5 Å². The number of aromatic nitrogens is 4. The van der Waals surface area contributed by atoms with Crippen molar-refractivity contribution in [3.8, 4) is 0 Å². The fraction of sp³-hybridized carbons (Fsp3) is 0.250. The Bertz CT molecular complexity index is 1820. The van der Waals surface area contributed by atoms with E-state index in [1.165, 1.54) is 16.2 Å². The molecule has 2 N–H and O–H groups in total. The van der Waals surface area contributed by atoms with E-state index in [0.29, 0.717) is 21.8 Å². The van der Waals surface area contributed by atoms with E-state index in [1.54, 1.807) is 50.4 Å². The third-order valence-electron chi connectivity index (χ3n) is 5.54. The Kier molecular flexibility index (Phi) is 8.89. The number of nitrogens with zero attached hydrogens (tertiary/aromatic N) is 4. The molecule has 2 aromatic heterocycles. The second-order valence-electron chi connectivity index (χ2n) is 8.06. The molecule has 0 fully saturated rings. The number of nitrogens with two attached hydrogens (primary N) is 1. The first-order chi connectivity index (χ1) is 17.9. The molecule has 1 amide bonds. The number of carbonyl (C=O) groups excluding carboxylic acids is 2. The molecule has 0 spiro atoms. The van der Waals surface area contributed by atoms with E-state index < -0.39 is 40.9 Å². The lowest BCUT2D eigenvalue weighted by atomic mass is 10.2. The zero-order valence-electron chi connectivity index (χ0n) is 20.6. The first kappa shape index (κ1) is 28.8. The van der Waals surface area contributed by atoms with Crippen LogP contribution in [-0.2, 0) is 41.5 Å². The molecule has 0 saturated carbocycles. The number of carbonyl (C=O) groups is 2. The SMILES string of the molecule is CCOC(=O)Cn1c(=O)c2ccc(Br)cc2n(C)c1=O.Cn1c(=O)n(CC(N)=O)c(=O)c2ccc(Br)cc21. The van der Waals surface area contributed by atoms with E-state index in [-0.39, 0.29) is 13.2 Å². The summed E-state index contributed by atoms with van der Waals surface area (Å²) in [6.45, 7) is 1.06. The van der Waals surface area contributed by atoms with Gasteiger partial charge in [-0.1, -0.05) is 31.9 Å². The molecule has 0 radical (unpaired) electrons. The van der Waals surface area contributed by atoms with Gasteiger partial charge in [-0.25, -0.2) is 14.2 Å². The Labute approximate surface area is 231 Å². The maximum Gasteiger partial charge on any atom is 0.331 e. The van der Waals surface area contributed by atoms with Crippen molar-refractivity contribution in [2.45, 2.75) is 20.0 Å². The molecule has 2 aromatic carbocycles. The molecule has 2 heterocycles. The van der Waals surface area contributed by atoms with Crippen LogP contribution in [0.5, 0.6) is 0 Å². The molecule has 38 heavy (non-hydrogen) atoms. The number of fused-ring (bicyclic) bond motifs is 2. The second kappa shape index (κ2) is 11.7. The van der Waals surface area contributed by atoms with Gasteiger partial charge in [0.1, 0.15) is 13.1 Å². The highest BCUT2D eigenvalue weighted by Crippen LogP contribution is 2.16. The van der Waals surface area contributed by atoms with Gasteiger partial charge in [-0.05, 0) is 43.3 Å². The lowest BCUT2D eigenvalue weighted by molar-refractivity contribution is -0.144. The van der Waals surface area contributed by atoms with E-state index in [9.17, 15) is 28.8 Å². The van der Waals surface area contributed by atoms with Crippen LogP contribution in [0.15, 0.2) is 64.5 Å². The Morgan fingerprint density at radius 3 is 1.61 bits per heavy atom. The van der Waals surface area contributed by atoms with Crippen molar-refractivity contribution >= 4 is 65.5 Å². The van der Waals surface area contributed by atoms with Gasteiger partial charge in [-0.2, -0.15) is 0 Å². The maximum absolute atomic E-state index is 12.3. The predicted octanol–water partition coefficient (Wildman–Crippen LogP) is 0.974. The second-order valence-corrected chi connectivity index (χ2v) is 9.89. The van der Waals surface area contributed by atoms with Gasteiger partial charge in [0.05, 0.1) is 28.4 Å². The summed E-state index contributed by atoms with van der Waals surface area (Å²) < 4.78 is 10.7. The molecule has 4 rings (SSSR count). The first-order valence-electron chi connectivity index (χ1n) is 11.1. The van der Waals surface area contributed by atoms with Crippen LogP contribution >= 0.6 is 31.9 Å². The third-order valence-corrected chi connectivity index (χ3v) is 6.52. The van der Waals surface area contributed by atoms with Crippen LogP contribution < -0.4 is 28.2 Å². The van der Waals surface area contributed by atoms with Gasteiger partial charge in [0.25, 0.3) is 11.1 Å². The summed E-state index contributed by atoms with van der Waals surface area (Å²) in [6, 6.07) is 9.98. The molecular formula is C24H23Br2N5O7. The van der Waals surface area contributed by atoms with Crippen molar-refractivity contribution in [3.05, 3.63) is 87.0 Å². The van der Waals surface area contributed by atoms with Crippen molar-refractivity contribution in [2.75, 3.05) is 6.61 Å². The van der Waals surface area contributed by atoms with Crippen LogP contribution in [0, 0.1) is 0 Å². The van der Waals surface area contributed by atoms with Crippen molar-refractivity contribution in [1.82, 2.24) is 18.3 Å². The smallest absolute Gasteiger partial charge is 0.331 e. The minimum Gasteiger partial charge on any atom is -0.465 e. The van der Waals surface area contributed by atoms with Gasteiger partial charge >= 0.3 is 17.3 Å². The highest BCUT2D eigenvalue weighted by atomic mass is 79.9. The summed E-state index contributed by atoms with van der Waals surface area (Å²) in [5, 5.41) is 0.737. The average Bonchev–Trinajstić information content (AvgIpc) is 2.87. The highest BCUT2D eigenvalue weighted by Gasteiger charge is 2.15. The molecular weight excluding hydrogens is 630 g/mol. The molecule has 0 saturated heterocycles. The number of rotatable bonds is 5. The number of aryl methyl sites for hydroxylation is 2. The fourth-order valence-corrected chi connectivity index (χ4v) is 4.43. The van der Waals surface area contributed by atoms with Crippen molar-refractivity contribution < 1.29 is 14.3 Å². The molecule has 0 aliphatic rings. The van der Waals surface area contributed by atoms with E-state index in [0.717, 1.165) is 18.1 Å². The number of hydrogen-bond acceptors (Lipinski definition) is 7. The predicted molar refractivity (Wildman–Crippen MR) is 148 cm³/mol. The van der Waals surface area contributed by atoms with Crippen LogP contribution in [0.1, 0.15) is 6.92 Å². The number of primary amides is 1. The zero-order chi connectivity index (χ0) is 28.3. The van der Waals surface area contributed by atoms with Gasteiger partial charge in [-0.3, -0.25) is 32.9 Å². The zero-order valence-corrected chi connectivity index (χ0v) is 23.7.